The largest absolute Gasteiger partial charge is 0.378 e. The Hall–Kier alpha value is -0.380. The first-order chi connectivity index (χ1) is 9.85. The smallest absolute Gasteiger partial charge is 0.0576 e. The highest BCUT2D eigenvalue weighted by molar-refractivity contribution is 7.10. The Bertz CT molecular complexity index is 371. The second-order valence-electron chi connectivity index (χ2n) is 5.74. The van der Waals surface area contributed by atoms with E-state index in [2.05, 4.69) is 30.6 Å². The van der Waals surface area contributed by atoms with Crippen molar-refractivity contribution in [2.45, 2.75) is 70.9 Å². The third kappa shape index (κ3) is 4.57. The van der Waals surface area contributed by atoms with E-state index >= 15 is 0 Å². The summed E-state index contributed by atoms with van der Waals surface area (Å²) < 4.78 is 5.73. The summed E-state index contributed by atoms with van der Waals surface area (Å²) >= 11 is 1.92. The van der Waals surface area contributed by atoms with Crippen LogP contribution >= 0.6 is 11.3 Å². The lowest BCUT2D eigenvalue weighted by Gasteiger charge is -2.20. The minimum Gasteiger partial charge on any atom is -0.378 e. The lowest BCUT2D eigenvalue weighted by molar-refractivity contribution is 0.101. The van der Waals surface area contributed by atoms with Crippen molar-refractivity contribution in [3.63, 3.8) is 0 Å². The van der Waals surface area contributed by atoms with Crippen LogP contribution in [0.2, 0.25) is 0 Å². The van der Waals surface area contributed by atoms with Crippen molar-refractivity contribution in [2.75, 3.05) is 13.2 Å². The van der Waals surface area contributed by atoms with Crippen LogP contribution in [0.25, 0.3) is 0 Å². The number of thiophene rings is 1. The van der Waals surface area contributed by atoms with E-state index in [1.54, 1.807) is 4.88 Å². The molecule has 2 atom stereocenters. The zero-order valence-electron chi connectivity index (χ0n) is 13.0. The van der Waals surface area contributed by atoms with E-state index in [9.17, 15) is 0 Å². The quantitative estimate of drug-likeness (QED) is 0.713. The molecular formula is C17H29NOS. The molecule has 2 rings (SSSR count). The SMILES string of the molecule is CCCNC(CCCC1CCCO1)c1sccc1CC. The predicted octanol–water partition coefficient (Wildman–Crippen LogP) is 4.70. The maximum absolute atomic E-state index is 5.73. The van der Waals surface area contributed by atoms with E-state index in [1.165, 1.54) is 44.1 Å². The van der Waals surface area contributed by atoms with Crippen LogP contribution in [0.1, 0.15) is 68.9 Å². The van der Waals surface area contributed by atoms with Gasteiger partial charge in [0.15, 0.2) is 0 Å². The Balaban J connectivity index is 1.86. The highest BCUT2D eigenvalue weighted by Crippen LogP contribution is 2.29. The van der Waals surface area contributed by atoms with Crippen molar-refractivity contribution in [1.82, 2.24) is 5.32 Å². The fourth-order valence-corrected chi connectivity index (χ4v) is 4.12. The van der Waals surface area contributed by atoms with Gasteiger partial charge in [-0.2, -0.15) is 0 Å². The summed E-state index contributed by atoms with van der Waals surface area (Å²) in [5.41, 5.74) is 1.53. The molecule has 1 aromatic rings. The van der Waals surface area contributed by atoms with Crippen LogP contribution < -0.4 is 5.32 Å². The molecule has 1 aliphatic heterocycles. The van der Waals surface area contributed by atoms with Crippen molar-refractivity contribution in [3.05, 3.63) is 21.9 Å². The van der Waals surface area contributed by atoms with Gasteiger partial charge in [-0.05, 0) is 68.5 Å². The summed E-state index contributed by atoms with van der Waals surface area (Å²) in [7, 11) is 0. The first-order valence-corrected chi connectivity index (χ1v) is 9.14. The van der Waals surface area contributed by atoms with Crippen LogP contribution in [0.5, 0.6) is 0 Å². The predicted molar refractivity (Wildman–Crippen MR) is 87.6 cm³/mol. The molecule has 0 radical (unpaired) electrons. The maximum Gasteiger partial charge on any atom is 0.0576 e. The molecule has 0 amide bonds. The molecule has 20 heavy (non-hydrogen) atoms. The van der Waals surface area contributed by atoms with Crippen molar-refractivity contribution in [1.29, 1.82) is 0 Å². The van der Waals surface area contributed by atoms with Crippen molar-refractivity contribution in [3.8, 4) is 0 Å². The molecule has 1 fully saturated rings. The standard InChI is InChI=1S/C17H29NOS/c1-3-11-18-16(17-14(4-2)10-13-20-17)9-5-7-15-8-6-12-19-15/h10,13,15-16,18H,3-9,11-12H2,1-2H3. The average molecular weight is 295 g/mol. The van der Waals surface area contributed by atoms with Gasteiger partial charge in [0.25, 0.3) is 0 Å². The molecule has 2 heterocycles. The second kappa shape index (κ2) is 8.81. The van der Waals surface area contributed by atoms with Gasteiger partial charge < -0.3 is 10.1 Å². The van der Waals surface area contributed by atoms with Crippen molar-refractivity contribution < 1.29 is 4.74 Å². The fourth-order valence-electron chi connectivity index (χ4n) is 3.01. The van der Waals surface area contributed by atoms with Gasteiger partial charge >= 0.3 is 0 Å². The Morgan fingerprint density at radius 1 is 1.45 bits per heavy atom. The molecule has 0 bridgehead atoms. The van der Waals surface area contributed by atoms with Gasteiger partial charge in [0.05, 0.1) is 6.10 Å². The van der Waals surface area contributed by atoms with E-state index in [4.69, 9.17) is 4.74 Å². The Morgan fingerprint density at radius 3 is 3.05 bits per heavy atom. The number of ether oxygens (including phenoxy) is 1. The summed E-state index contributed by atoms with van der Waals surface area (Å²) in [4.78, 5) is 1.56. The average Bonchev–Trinajstić information content (AvgIpc) is 3.13. The summed E-state index contributed by atoms with van der Waals surface area (Å²) in [6.07, 6.45) is 9.16. The molecule has 0 aromatic carbocycles. The zero-order chi connectivity index (χ0) is 14.2. The molecule has 2 nitrogen and oxygen atoms in total. The van der Waals surface area contributed by atoms with Crippen LogP contribution in [-0.4, -0.2) is 19.3 Å². The second-order valence-corrected chi connectivity index (χ2v) is 6.68. The topological polar surface area (TPSA) is 21.3 Å². The Morgan fingerprint density at radius 2 is 2.35 bits per heavy atom. The van der Waals surface area contributed by atoms with Gasteiger partial charge in [0.2, 0.25) is 0 Å². The maximum atomic E-state index is 5.73. The van der Waals surface area contributed by atoms with Crippen LogP contribution in [0.15, 0.2) is 11.4 Å². The number of hydrogen-bond donors (Lipinski definition) is 1. The first-order valence-electron chi connectivity index (χ1n) is 8.26. The van der Waals surface area contributed by atoms with Gasteiger partial charge in [-0.15, -0.1) is 11.3 Å². The molecule has 0 spiro atoms. The Labute approximate surface area is 127 Å². The number of hydrogen-bond acceptors (Lipinski definition) is 3. The number of rotatable bonds is 9. The van der Waals surface area contributed by atoms with Gasteiger partial charge in [0.1, 0.15) is 0 Å². The summed E-state index contributed by atoms with van der Waals surface area (Å²) in [5, 5.41) is 5.99. The van der Waals surface area contributed by atoms with Crippen molar-refractivity contribution in [2.24, 2.45) is 0 Å². The lowest BCUT2D eigenvalue weighted by atomic mass is 10.0. The summed E-state index contributed by atoms with van der Waals surface area (Å²) in [6, 6.07) is 2.84. The van der Waals surface area contributed by atoms with Gasteiger partial charge in [0, 0.05) is 17.5 Å². The third-order valence-electron chi connectivity index (χ3n) is 4.16. The lowest BCUT2D eigenvalue weighted by Crippen LogP contribution is -2.22. The molecule has 2 unspecified atom stereocenters. The van der Waals surface area contributed by atoms with E-state index in [0.29, 0.717) is 12.1 Å². The minimum atomic E-state index is 0.538. The third-order valence-corrected chi connectivity index (χ3v) is 5.23. The zero-order valence-corrected chi connectivity index (χ0v) is 13.8. The molecule has 0 aliphatic carbocycles. The summed E-state index contributed by atoms with van der Waals surface area (Å²) in [5.74, 6) is 0. The Kier molecular flexibility index (Phi) is 7.05. The van der Waals surface area contributed by atoms with Gasteiger partial charge in [-0.25, -0.2) is 0 Å². The van der Waals surface area contributed by atoms with Gasteiger partial charge in [-0.1, -0.05) is 13.8 Å². The van der Waals surface area contributed by atoms with E-state index in [0.717, 1.165) is 19.6 Å². The molecule has 1 N–H and O–H groups in total. The van der Waals surface area contributed by atoms with E-state index < -0.39 is 0 Å². The number of nitrogens with one attached hydrogen (secondary N) is 1. The van der Waals surface area contributed by atoms with E-state index in [1.807, 2.05) is 11.3 Å². The molecule has 1 aromatic heterocycles. The minimum absolute atomic E-state index is 0.538. The molecule has 1 aliphatic rings. The van der Waals surface area contributed by atoms with Gasteiger partial charge in [-0.3, -0.25) is 0 Å². The van der Waals surface area contributed by atoms with Crippen LogP contribution in [0.3, 0.4) is 0 Å². The molecule has 0 saturated carbocycles. The highest BCUT2D eigenvalue weighted by atomic mass is 32.1. The number of aryl methyl sites for hydroxylation is 1. The van der Waals surface area contributed by atoms with Crippen LogP contribution in [0.4, 0.5) is 0 Å². The molecule has 1 saturated heterocycles. The first kappa shape index (κ1) is 16.0. The molecule has 114 valence electrons. The van der Waals surface area contributed by atoms with Crippen LogP contribution in [0, 0.1) is 0 Å². The summed E-state index contributed by atoms with van der Waals surface area (Å²) in [6.45, 7) is 6.60. The monoisotopic (exact) mass is 295 g/mol. The molecule has 3 heteroatoms. The molecular weight excluding hydrogens is 266 g/mol. The van der Waals surface area contributed by atoms with E-state index in [-0.39, 0.29) is 0 Å². The highest BCUT2D eigenvalue weighted by Gasteiger charge is 2.18. The van der Waals surface area contributed by atoms with Crippen LogP contribution in [-0.2, 0) is 11.2 Å². The van der Waals surface area contributed by atoms with Crippen molar-refractivity contribution >= 4 is 11.3 Å². The fraction of sp³-hybridized carbons (Fsp3) is 0.765. The normalized spacial score (nSPS) is 20.4.